The van der Waals surface area contributed by atoms with E-state index in [-0.39, 0.29) is 5.97 Å². The van der Waals surface area contributed by atoms with E-state index in [0.29, 0.717) is 10.7 Å². The van der Waals surface area contributed by atoms with Crippen LogP contribution >= 0.6 is 11.3 Å². The van der Waals surface area contributed by atoms with Crippen molar-refractivity contribution in [1.29, 1.82) is 0 Å². The van der Waals surface area contributed by atoms with E-state index in [1.54, 1.807) is 0 Å². The van der Waals surface area contributed by atoms with Crippen LogP contribution in [0, 0.1) is 13.8 Å². The largest absolute Gasteiger partial charge is 0.465 e. The van der Waals surface area contributed by atoms with Gasteiger partial charge >= 0.3 is 5.97 Å². The van der Waals surface area contributed by atoms with E-state index in [4.69, 9.17) is 4.74 Å². The number of hydrogen-bond donors (Lipinski definition) is 1. The molecule has 0 spiro atoms. The monoisotopic (exact) mass is 384 g/mol. The average Bonchev–Trinajstić information content (AvgIpc) is 3.02. The van der Waals surface area contributed by atoms with E-state index in [1.165, 1.54) is 30.5 Å². The highest BCUT2D eigenvalue weighted by atomic mass is 32.1. The molecule has 0 aliphatic heterocycles. The minimum Gasteiger partial charge on any atom is -0.465 e. The second kappa shape index (κ2) is 7.92. The van der Waals surface area contributed by atoms with Crippen molar-refractivity contribution in [2.45, 2.75) is 27.7 Å². The number of carbonyl (C=O) groups is 1. The zero-order valence-electron chi connectivity index (χ0n) is 16.3. The summed E-state index contributed by atoms with van der Waals surface area (Å²) in [6.07, 6.45) is 1.52. The molecule has 0 unspecified atom stereocenters. The van der Waals surface area contributed by atoms with Crippen molar-refractivity contribution in [2.24, 2.45) is 0 Å². The van der Waals surface area contributed by atoms with Gasteiger partial charge in [-0.15, -0.1) is 11.3 Å². The predicted molar refractivity (Wildman–Crippen MR) is 112 cm³/mol. The Balaban J connectivity index is 2.00. The molecule has 1 N–H and O–H groups in total. The molecule has 0 bridgehead atoms. The predicted octanol–water partition coefficient (Wildman–Crippen LogP) is 4.68. The number of methoxy groups -OCH3 is 1. The Morgan fingerprint density at radius 1 is 1.22 bits per heavy atom. The van der Waals surface area contributed by atoms with Gasteiger partial charge in [0.1, 0.15) is 21.9 Å². The molecule has 0 atom stereocenters. The van der Waals surface area contributed by atoms with E-state index in [9.17, 15) is 4.79 Å². The molecule has 7 heteroatoms. The second-order valence-corrected chi connectivity index (χ2v) is 7.25. The third-order valence-corrected chi connectivity index (χ3v) is 5.87. The molecule has 0 fully saturated rings. The fourth-order valence-corrected chi connectivity index (χ4v) is 4.22. The smallest absolute Gasteiger partial charge is 0.348 e. The number of fused-ring (bicyclic) bond motifs is 1. The lowest BCUT2D eigenvalue weighted by Gasteiger charge is -2.22. The normalized spacial score (nSPS) is 10.9. The first-order valence-electron chi connectivity index (χ1n) is 8.95. The molecule has 2 aromatic heterocycles. The van der Waals surface area contributed by atoms with Crippen LogP contribution < -0.4 is 10.2 Å². The molecule has 1 aromatic carbocycles. The van der Waals surface area contributed by atoms with Crippen LogP contribution in [0.2, 0.25) is 0 Å². The van der Waals surface area contributed by atoms with E-state index in [0.717, 1.165) is 40.1 Å². The molecular formula is C20H24N4O2S. The van der Waals surface area contributed by atoms with Gasteiger partial charge in [0.15, 0.2) is 0 Å². The first-order valence-corrected chi connectivity index (χ1v) is 9.76. The third-order valence-electron chi connectivity index (χ3n) is 4.69. The summed E-state index contributed by atoms with van der Waals surface area (Å²) in [5.74, 6) is 0.351. The van der Waals surface area contributed by atoms with Gasteiger partial charge in [0.25, 0.3) is 0 Å². The standard InChI is InChI=1S/C20H24N4O2S/c1-6-24(7-2)14-8-9-15(12(3)10-14)23-18-16-13(4)17(20(25)26-5)27-19(16)22-11-21-18/h8-11H,6-7H2,1-5H3,(H,21,22,23). The number of anilines is 3. The minimum absolute atomic E-state index is 0.346. The Bertz CT molecular complexity index is 980. The molecule has 0 aliphatic rings. The lowest BCUT2D eigenvalue weighted by atomic mass is 10.1. The van der Waals surface area contributed by atoms with E-state index >= 15 is 0 Å². The van der Waals surface area contributed by atoms with Crippen molar-refractivity contribution in [1.82, 2.24) is 9.97 Å². The summed E-state index contributed by atoms with van der Waals surface area (Å²) in [5, 5.41) is 4.27. The van der Waals surface area contributed by atoms with Crippen molar-refractivity contribution in [3.63, 3.8) is 0 Å². The van der Waals surface area contributed by atoms with Crippen molar-refractivity contribution >= 4 is 44.7 Å². The summed E-state index contributed by atoms with van der Waals surface area (Å²) in [6, 6.07) is 6.36. The molecule has 3 rings (SSSR count). The van der Waals surface area contributed by atoms with Gasteiger partial charge in [0, 0.05) is 24.5 Å². The quantitative estimate of drug-likeness (QED) is 0.622. The van der Waals surface area contributed by atoms with Gasteiger partial charge in [-0.05, 0) is 57.0 Å². The van der Waals surface area contributed by atoms with Crippen molar-refractivity contribution < 1.29 is 9.53 Å². The molecular weight excluding hydrogens is 360 g/mol. The van der Waals surface area contributed by atoms with Gasteiger partial charge in [0.05, 0.1) is 12.5 Å². The van der Waals surface area contributed by atoms with Gasteiger partial charge in [-0.25, -0.2) is 14.8 Å². The van der Waals surface area contributed by atoms with Crippen molar-refractivity contribution in [2.75, 3.05) is 30.4 Å². The number of nitrogens with zero attached hydrogens (tertiary/aromatic N) is 3. The van der Waals surface area contributed by atoms with Crippen molar-refractivity contribution in [3.8, 4) is 0 Å². The van der Waals surface area contributed by atoms with Crippen LogP contribution in [0.25, 0.3) is 10.2 Å². The number of benzene rings is 1. The molecule has 27 heavy (non-hydrogen) atoms. The number of aryl methyl sites for hydroxylation is 2. The molecule has 0 amide bonds. The first-order chi connectivity index (χ1) is 13.0. The van der Waals surface area contributed by atoms with Crippen LogP contribution in [0.4, 0.5) is 17.2 Å². The third kappa shape index (κ3) is 3.60. The lowest BCUT2D eigenvalue weighted by Crippen LogP contribution is -2.21. The van der Waals surface area contributed by atoms with E-state index in [2.05, 4.69) is 59.2 Å². The van der Waals surface area contributed by atoms with Crippen molar-refractivity contribution in [3.05, 3.63) is 40.5 Å². The number of carbonyl (C=O) groups excluding carboxylic acids is 1. The SMILES string of the molecule is CCN(CC)c1ccc(Nc2ncnc3sc(C(=O)OC)c(C)c23)c(C)c1. The maximum Gasteiger partial charge on any atom is 0.348 e. The highest BCUT2D eigenvalue weighted by Gasteiger charge is 2.20. The van der Waals surface area contributed by atoms with E-state index in [1.807, 2.05) is 6.92 Å². The highest BCUT2D eigenvalue weighted by Crippen LogP contribution is 2.35. The summed E-state index contributed by atoms with van der Waals surface area (Å²) in [4.78, 5) is 24.4. The maximum absolute atomic E-state index is 12.0. The van der Waals surface area contributed by atoms with Crippen LogP contribution in [0.15, 0.2) is 24.5 Å². The molecule has 142 valence electrons. The van der Waals surface area contributed by atoms with Crippen LogP contribution in [0.3, 0.4) is 0 Å². The summed E-state index contributed by atoms with van der Waals surface area (Å²) in [6.45, 7) is 10.2. The highest BCUT2D eigenvalue weighted by molar-refractivity contribution is 7.20. The summed E-state index contributed by atoms with van der Waals surface area (Å²) in [5.41, 5.74) is 4.15. The lowest BCUT2D eigenvalue weighted by molar-refractivity contribution is 0.0605. The topological polar surface area (TPSA) is 67.3 Å². The number of hydrogen-bond acceptors (Lipinski definition) is 7. The minimum atomic E-state index is -0.346. The number of rotatable bonds is 6. The van der Waals surface area contributed by atoms with E-state index < -0.39 is 0 Å². The molecule has 0 saturated carbocycles. The summed E-state index contributed by atoms with van der Waals surface area (Å²) >= 11 is 1.33. The Morgan fingerprint density at radius 2 is 1.96 bits per heavy atom. The maximum atomic E-state index is 12.0. The molecule has 2 heterocycles. The van der Waals surface area contributed by atoms with Crippen LogP contribution in [0.5, 0.6) is 0 Å². The Labute approximate surface area is 163 Å². The Morgan fingerprint density at radius 3 is 2.59 bits per heavy atom. The zero-order valence-corrected chi connectivity index (χ0v) is 17.1. The Kier molecular flexibility index (Phi) is 5.60. The van der Waals surface area contributed by atoms with Gasteiger partial charge in [-0.2, -0.15) is 0 Å². The molecule has 6 nitrogen and oxygen atoms in total. The van der Waals surface area contributed by atoms with Crippen LogP contribution in [-0.4, -0.2) is 36.1 Å². The number of aromatic nitrogens is 2. The fourth-order valence-electron chi connectivity index (χ4n) is 3.15. The zero-order chi connectivity index (χ0) is 19.6. The van der Waals surface area contributed by atoms with Crippen LogP contribution in [-0.2, 0) is 4.74 Å². The molecule has 0 saturated heterocycles. The van der Waals surface area contributed by atoms with Gasteiger partial charge in [-0.3, -0.25) is 0 Å². The molecule has 3 aromatic rings. The number of esters is 1. The van der Waals surface area contributed by atoms with Gasteiger partial charge in [0.2, 0.25) is 0 Å². The van der Waals surface area contributed by atoms with Gasteiger partial charge in [-0.1, -0.05) is 0 Å². The number of thiophene rings is 1. The summed E-state index contributed by atoms with van der Waals surface area (Å²) in [7, 11) is 1.39. The summed E-state index contributed by atoms with van der Waals surface area (Å²) < 4.78 is 4.88. The van der Waals surface area contributed by atoms with Crippen LogP contribution in [0.1, 0.15) is 34.6 Å². The molecule has 0 aliphatic carbocycles. The van der Waals surface area contributed by atoms with Gasteiger partial charge < -0.3 is 15.0 Å². The number of nitrogens with one attached hydrogen (secondary N) is 1. The molecule has 0 radical (unpaired) electrons. The first kappa shape index (κ1) is 19.1. The Hall–Kier alpha value is -2.67. The average molecular weight is 385 g/mol. The fraction of sp³-hybridized carbons (Fsp3) is 0.350. The number of ether oxygens (including phenoxy) is 1. The second-order valence-electron chi connectivity index (χ2n) is 6.25.